The van der Waals surface area contributed by atoms with E-state index in [-0.39, 0.29) is 16.5 Å². The molecule has 0 amide bonds. The Morgan fingerprint density at radius 1 is 1.53 bits per heavy atom. The van der Waals surface area contributed by atoms with Gasteiger partial charge in [0.05, 0.1) is 7.11 Å². The van der Waals surface area contributed by atoms with E-state index in [1.165, 1.54) is 13.2 Å². The Kier molecular flexibility index (Phi) is 2.28. The topological polar surface area (TPSA) is 59.7 Å². The van der Waals surface area contributed by atoms with Gasteiger partial charge in [0.1, 0.15) is 5.56 Å². The Hall–Kier alpha value is -1.68. The van der Waals surface area contributed by atoms with Crippen LogP contribution in [-0.2, 0) is 0 Å². The summed E-state index contributed by atoms with van der Waals surface area (Å²) in [6.07, 6.45) is 0. The van der Waals surface area contributed by atoms with E-state index in [1.807, 2.05) is 0 Å². The lowest BCUT2D eigenvalue weighted by molar-refractivity contribution is 0.0693. The third-order valence-corrected chi connectivity index (χ3v) is 2.23. The zero-order valence-corrected chi connectivity index (χ0v) is 8.54. The first-order valence-corrected chi connectivity index (χ1v) is 4.50. The SMILES string of the molecule is COc1c(C(=O)O)ccc2cc(Cl)oc12. The van der Waals surface area contributed by atoms with Gasteiger partial charge in [-0.15, -0.1) is 0 Å². The first-order valence-electron chi connectivity index (χ1n) is 4.13. The molecule has 5 heteroatoms. The first kappa shape index (κ1) is 9.86. The van der Waals surface area contributed by atoms with Gasteiger partial charge in [0.2, 0.25) is 0 Å². The molecule has 4 nitrogen and oxygen atoms in total. The van der Waals surface area contributed by atoms with Crippen LogP contribution in [0.3, 0.4) is 0 Å². The van der Waals surface area contributed by atoms with E-state index in [0.717, 1.165) is 0 Å². The van der Waals surface area contributed by atoms with E-state index in [0.29, 0.717) is 11.0 Å². The maximum atomic E-state index is 10.9. The summed E-state index contributed by atoms with van der Waals surface area (Å²) < 4.78 is 10.2. The number of furan rings is 1. The number of ether oxygens (including phenoxy) is 1. The second kappa shape index (κ2) is 3.47. The van der Waals surface area contributed by atoms with Crippen LogP contribution in [0.4, 0.5) is 0 Å². The second-order valence-electron chi connectivity index (χ2n) is 2.92. The molecule has 0 saturated carbocycles. The Balaban J connectivity index is 2.80. The minimum atomic E-state index is -1.07. The summed E-state index contributed by atoms with van der Waals surface area (Å²) in [5.41, 5.74) is 0.401. The summed E-state index contributed by atoms with van der Waals surface area (Å²) in [6.45, 7) is 0. The van der Waals surface area contributed by atoms with E-state index < -0.39 is 5.97 Å². The van der Waals surface area contributed by atoms with Crippen molar-refractivity contribution in [2.24, 2.45) is 0 Å². The number of aromatic carboxylic acids is 1. The van der Waals surface area contributed by atoms with Crippen LogP contribution in [0.15, 0.2) is 22.6 Å². The van der Waals surface area contributed by atoms with Crippen molar-refractivity contribution in [1.82, 2.24) is 0 Å². The Morgan fingerprint density at radius 3 is 2.87 bits per heavy atom. The fourth-order valence-electron chi connectivity index (χ4n) is 1.42. The van der Waals surface area contributed by atoms with Gasteiger partial charge >= 0.3 is 5.97 Å². The number of benzene rings is 1. The van der Waals surface area contributed by atoms with Crippen molar-refractivity contribution in [3.05, 3.63) is 29.0 Å². The van der Waals surface area contributed by atoms with Gasteiger partial charge in [-0.3, -0.25) is 0 Å². The second-order valence-corrected chi connectivity index (χ2v) is 3.29. The molecular weight excluding hydrogens is 220 g/mol. The van der Waals surface area contributed by atoms with Crippen LogP contribution >= 0.6 is 11.6 Å². The van der Waals surface area contributed by atoms with Crippen molar-refractivity contribution in [2.75, 3.05) is 7.11 Å². The number of rotatable bonds is 2. The average Bonchev–Trinajstić information content (AvgIpc) is 2.55. The molecular formula is C10H7ClO4. The van der Waals surface area contributed by atoms with Crippen molar-refractivity contribution < 1.29 is 19.1 Å². The van der Waals surface area contributed by atoms with Gasteiger partial charge in [-0.05, 0) is 23.7 Å². The minimum absolute atomic E-state index is 0.0519. The highest BCUT2D eigenvalue weighted by Crippen LogP contribution is 2.33. The maximum Gasteiger partial charge on any atom is 0.339 e. The van der Waals surface area contributed by atoms with Crippen LogP contribution in [0.2, 0.25) is 5.22 Å². The normalized spacial score (nSPS) is 10.5. The molecule has 0 saturated heterocycles. The zero-order chi connectivity index (χ0) is 11.0. The number of carboxylic acids is 1. The van der Waals surface area contributed by atoms with Gasteiger partial charge in [0.25, 0.3) is 0 Å². The largest absolute Gasteiger partial charge is 0.492 e. The highest BCUT2D eigenvalue weighted by atomic mass is 35.5. The zero-order valence-electron chi connectivity index (χ0n) is 7.78. The van der Waals surface area contributed by atoms with E-state index in [2.05, 4.69) is 0 Å². The van der Waals surface area contributed by atoms with Crippen LogP contribution in [0, 0.1) is 0 Å². The number of carboxylic acid groups (broad SMARTS) is 1. The molecule has 2 rings (SSSR count). The van der Waals surface area contributed by atoms with Crippen LogP contribution < -0.4 is 4.74 Å². The lowest BCUT2D eigenvalue weighted by Gasteiger charge is -2.04. The molecule has 0 radical (unpaired) electrons. The van der Waals surface area contributed by atoms with E-state index in [1.54, 1.807) is 12.1 Å². The molecule has 0 atom stereocenters. The summed E-state index contributed by atoms with van der Waals surface area (Å²) in [4.78, 5) is 10.9. The standard InChI is InChI=1S/C10H7ClO4/c1-14-9-6(10(12)13)3-2-5-4-7(11)15-8(5)9/h2-4H,1H3,(H,12,13). The fraction of sp³-hybridized carbons (Fsp3) is 0.100. The molecule has 0 bridgehead atoms. The monoisotopic (exact) mass is 226 g/mol. The van der Waals surface area contributed by atoms with Crippen LogP contribution in [0.25, 0.3) is 11.0 Å². The average molecular weight is 227 g/mol. The summed E-state index contributed by atoms with van der Waals surface area (Å²) >= 11 is 5.67. The summed E-state index contributed by atoms with van der Waals surface area (Å²) in [5.74, 6) is -0.881. The molecule has 1 heterocycles. The molecule has 78 valence electrons. The molecule has 1 N–H and O–H groups in total. The molecule has 2 aromatic rings. The fourth-order valence-corrected chi connectivity index (χ4v) is 1.61. The number of fused-ring (bicyclic) bond motifs is 1. The molecule has 15 heavy (non-hydrogen) atoms. The Morgan fingerprint density at radius 2 is 2.27 bits per heavy atom. The number of methoxy groups -OCH3 is 1. The summed E-state index contributed by atoms with van der Waals surface area (Å²) in [5, 5.41) is 9.82. The summed E-state index contributed by atoms with van der Waals surface area (Å²) in [6, 6.07) is 4.68. The predicted molar refractivity (Wildman–Crippen MR) is 54.7 cm³/mol. The van der Waals surface area contributed by atoms with Gasteiger partial charge in [-0.1, -0.05) is 0 Å². The highest BCUT2D eigenvalue weighted by molar-refractivity contribution is 6.29. The molecule has 0 fully saturated rings. The van der Waals surface area contributed by atoms with Crippen LogP contribution in [-0.4, -0.2) is 18.2 Å². The molecule has 0 unspecified atom stereocenters. The van der Waals surface area contributed by atoms with Crippen molar-refractivity contribution in [3.63, 3.8) is 0 Å². The van der Waals surface area contributed by atoms with Crippen molar-refractivity contribution in [1.29, 1.82) is 0 Å². The van der Waals surface area contributed by atoms with E-state index in [4.69, 9.17) is 25.9 Å². The van der Waals surface area contributed by atoms with Gasteiger partial charge < -0.3 is 14.3 Å². The van der Waals surface area contributed by atoms with E-state index in [9.17, 15) is 4.79 Å². The van der Waals surface area contributed by atoms with Gasteiger partial charge in [0, 0.05) is 11.5 Å². The molecule has 0 aliphatic carbocycles. The van der Waals surface area contributed by atoms with E-state index >= 15 is 0 Å². The Bertz CT molecular complexity index is 529. The number of hydrogen-bond acceptors (Lipinski definition) is 3. The van der Waals surface area contributed by atoms with Crippen molar-refractivity contribution in [3.8, 4) is 5.75 Å². The van der Waals surface area contributed by atoms with Crippen molar-refractivity contribution in [2.45, 2.75) is 0 Å². The smallest absolute Gasteiger partial charge is 0.339 e. The number of halogens is 1. The lowest BCUT2D eigenvalue weighted by Crippen LogP contribution is -2.00. The third-order valence-electron chi connectivity index (χ3n) is 2.05. The molecule has 1 aromatic carbocycles. The molecule has 0 aliphatic rings. The van der Waals surface area contributed by atoms with Crippen LogP contribution in [0.5, 0.6) is 5.75 Å². The highest BCUT2D eigenvalue weighted by Gasteiger charge is 2.17. The maximum absolute atomic E-state index is 10.9. The third kappa shape index (κ3) is 1.53. The quantitative estimate of drug-likeness (QED) is 0.855. The number of hydrogen-bond donors (Lipinski definition) is 1. The van der Waals surface area contributed by atoms with Crippen LogP contribution in [0.1, 0.15) is 10.4 Å². The Labute approximate surface area is 90.0 Å². The van der Waals surface area contributed by atoms with Gasteiger partial charge in [0.15, 0.2) is 16.6 Å². The summed E-state index contributed by atoms with van der Waals surface area (Å²) in [7, 11) is 1.39. The number of carbonyl (C=O) groups is 1. The van der Waals surface area contributed by atoms with Gasteiger partial charge in [-0.25, -0.2) is 4.79 Å². The predicted octanol–water partition coefficient (Wildman–Crippen LogP) is 2.79. The minimum Gasteiger partial charge on any atom is -0.492 e. The molecule has 1 aromatic heterocycles. The lowest BCUT2D eigenvalue weighted by atomic mass is 10.1. The van der Waals surface area contributed by atoms with Crippen molar-refractivity contribution >= 4 is 28.5 Å². The molecule has 0 spiro atoms. The first-order chi connectivity index (χ1) is 7.13. The van der Waals surface area contributed by atoms with Gasteiger partial charge in [-0.2, -0.15) is 0 Å². The molecule has 0 aliphatic heterocycles.